The van der Waals surface area contributed by atoms with E-state index in [2.05, 4.69) is 17.3 Å². The number of amidine groups is 1. The standard InChI is InChI=1S/C19H26ClN3OS.ClH/c1-23-17(11-18(24)22-16-9-7-15(20)8-10-16)13-25-19(23)21-12-14-5-3-2-4-6-14;/h7-10,14,17H,2-6,11-13H2,1H3,(H,22,24);1H. The number of benzene rings is 1. The number of carbonyl (C=O) groups excluding carboxylic acids is 1. The number of aliphatic imine (C=N–C) groups is 1. The number of rotatable bonds is 5. The first-order valence-corrected chi connectivity index (χ1v) is 10.4. The van der Waals surface area contributed by atoms with Crippen LogP contribution in [0.25, 0.3) is 0 Å². The zero-order chi connectivity index (χ0) is 17.6. The van der Waals surface area contributed by atoms with Gasteiger partial charge in [-0.25, -0.2) is 0 Å². The van der Waals surface area contributed by atoms with Gasteiger partial charge in [-0.05, 0) is 43.0 Å². The third-order valence-corrected chi connectivity index (χ3v) is 6.49. The molecule has 1 aliphatic heterocycles. The molecule has 1 amide bonds. The Balaban J connectivity index is 0.00000243. The molecule has 1 atom stereocenters. The van der Waals surface area contributed by atoms with Gasteiger partial charge in [0.2, 0.25) is 5.91 Å². The van der Waals surface area contributed by atoms with Crippen LogP contribution in [-0.4, -0.2) is 41.4 Å². The first-order chi connectivity index (χ1) is 12.1. The minimum absolute atomic E-state index is 0. The van der Waals surface area contributed by atoms with E-state index in [4.69, 9.17) is 16.6 Å². The second kappa shape index (κ2) is 10.4. The van der Waals surface area contributed by atoms with Crippen LogP contribution in [0.4, 0.5) is 5.69 Å². The highest BCUT2D eigenvalue weighted by atomic mass is 35.5. The molecule has 1 aromatic rings. The summed E-state index contributed by atoms with van der Waals surface area (Å²) in [6.45, 7) is 0.941. The maximum absolute atomic E-state index is 12.3. The van der Waals surface area contributed by atoms with Crippen molar-refractivity contribution in [2.45, 2.75) is 44.6 Å². The minimum Gasteiger partial charge on any atom is -0.350 e. The number of anilines is 1. The molecule has 1 saturated carbocycles. The van der Waals surface area contributed by atoms with Gasteiger partial charge in [0.25, 0.3) is 0 Å². The monoisotopic (exact) mass is 415 g/mol. The lowest BCUT2D eigenvalue weighted by molar-refractivity contribution is -0.116. The van der Waals surface area contributed by atoms with Crippen molar-refractivity contribution in [2.75, 3.05) is 24.7 Å². The van der Waals surface area contributed by atoms with Gasteiger partial charge in [-0.3, -0.25) is 9.79 Å². The Kier molecular flexibility index (Phi) is 8.58. The highest BCUT2D eigenvalue weighted by Crippen LogP contribution is 2.28. The number of hydrogen-bond donors (Lipinski definition) is 1. The topological polar surface area (TPSA) is 44.7 Å². The first kappa shape index (κ1) is 21.4. The molecule has 0 radical (unpaired) electrons. The minimum atomic E-state index is 0. The van der Waals surface area contributed by atoms with Crippen LogP contribution in [-0.2, 0) is 4.79 Å². The smallest absolute Gasteiger partial charge is 0.226 e. The summed E-state index contributed by atoms with van der Waals surface area (Å²) < 4.78 is 0. The summed E-state index contributed by atoms with van der Waals surface area (Å²) in [6.07, 6.45) is 7.20. The first-order valence-electron chi connectivity index (χ1n) is 9.07. The molecular weight excluding hydrogens is 389 g/mol. The Bertz CT molecular complexity index is 618. The Hall–Kier alpha value is -0.910. The zero-order valence-electron chi connectivity index (χ0n) is 15.1. The van der Waals surface area contributed by atoms with Crippen molar-refractivity contribution in [2.24, 2.45) is 10.9 Å². The molecule has 144 valence electrons. The third kappa shape index (κ3) is 6.07. The fourth-order valence-electron chi connectivity index (χ4n) is 3.43. The number of nitrogens with zero attached hydrogens (tertiary/aromatic N) is 2. The second-order valence-electron chi connectivity index (χ2n) is 6.96. The van der Waals surface area contributed by atoms with E-state index >= 15 is 0 Å². The van der Waals surface area contributed by atoms with E-state index in [0.717, 1.165) is 29.1 Å². The van der Waals surface area contributed by atoms with Crippen molar-refractivity contribution >= 4 is 52.5 Å². The Labute approximate surface area is 171 Å². The molecule has 1 N–H and O–H groups in total. The van der Waals surface area contributed by atoms with Crippen LogP contribution in [0.5, 0.6) is 0 Å². The van der Waals surface area contributed by atoms with Gasteiger partial charge < -0.3 is 10.2 Å². The molecule has 1 unspecified atom stereocenters. The maximum atomic E-state index is 12.3. The van der Waals surface area contributed by atoms with Gasteiger partial charge in [-0.1, -0.05) is 42.6 Å². The van der Waals surface area contributed by atoms with E-state index in [1.54, 1.807) is 23.9 Å². The van der Waals surface area contributed by atoms with Crippen molar-refractivity contribution < 1.29 is 4.79 Å². The number of hydrogen-bond acceptors (Lipinski definition) is 3. The number of halogens is 2. The molecular formula is C19H27Cl2N3OS. The highest BCUT2D eigenvalue weighted by Gasteiger charge is 2.29. The van der Waals surface area contributed by atoms with E-state index < -0.39 is 0 Å². The largest absolute Gasteiger partial charge is 0.350 e. The van der Waals surface area contributed by atoms with Crippen LogP contribution in [0.3, 0.4) is 0 Å². The van der Waals surface area contributed by atoms with Crippen LogP contribution < -0.4 is 5.32 Å². The van der Waals surface area contributed by atoms with Crippen LogP contribution in [0.2, 0.25) is 5.02 Å². The Morgan fingerprint density at radius 3 is 2.65 bits per heavy atom. The van der Waals surface area contributed by atoms with Gasteiger partial charge in [0.15, 0.2) is 5.17 Å². The van der Waals surface area contributed by atoms with Crippen LogP contribution in [0, 0.1) is 5.92 Å². The summed E-state index contributed by atoms with van der Waals surface area (Å²) in [5, 5.41) is 4.70. The fourth-order valence-corrected chi connectivity index (χ4v) is 4.76. The van der Waals surface area contributed by atoms with Gasteiger partial charge in [-0.15, -0.1) is 12.4 Å². The van der Waals surface area contributed by atoms with Crippen LogP contribution in [0.1, 0.15) is 38.5 Å². The molecule has 4 nitrogen and oxygen atoms in total. The van der Waals surface area contributed by atoms with Crippen molar-refractivity contribution in [3.05, 3.63) is 29.3 Å². The third-order valence-electron chi connectivity index (χ3n) is 5.01. The van der Waals surface area contributed by atoms with Gasteiger partial charge in [-0.2, -0.15) is 0 Å². The molecule has 2 fully saturated rings. The van der Waals surface area contributed by atoms with Gasteiger partial charge in [0.1, 0.15) is 0 Å². The van der Waals surface area contributed by atoms with E-state index in [-0.39, 0.29) is 24.4 Å². The molecule has 2 aliphatic rings. The summed E-state index contributed by atoms with van der Waals surface area (Å²) in [5.74, 6) is 1.71. The van der Waals surface area contributed by atoms with Crippen molar-refractivity contribution in [1.29, 1.82) is 0 Å². The quantitative estimate of drug-likeness (QED) is 0.729. The zero-order valence-corrected chi connectivity index (χ0v) is 17.5. The van der Waals surface area contributed by atoms with Crippen LogP contribution >= 0.6 is 35.8 Å². The summed E-state index contributed by atoms with van der Waals surface area (Å²) in [7, 11) is 2.06. The molecule has 1 saturated heterocycles. The predicted molar refractivity (Wildman–Crippen MR) is 115 cm³/mol. The highest BCUT2D eigenvalue weighted by molar-refractivity contribution is 8.14. The molecule has 7 heteroatoms. The van der Waals surface area contributed by atoms with Crippen molar-refractivity contribution in [1.82, 2.24) is 4.90 Å². The van der Waals surface area contributed by atoms with Gasteiger partial charge in [0, 0.05) is 42.5 Å². The van der Waals surface area contributed by atoms with E-state index in [0.29, 0.717) is 11.4 Å². The molecule has 3 rings (SSSR count). The second-order valence-corrected chi connectivity index (χ2v) is 8.39. The number of carbonyl (C=O) groups is 1. The molecule has 0 aromatic heterocycles. The molecule has 0 bridgehead atoms. The van der Waals surface area contributed by atoms with E-state index in [9.17, 15) is 4.79 Å². The molecule has 1 aromatic carbocycles. The summed E-state index contributed by atoms with van der Waals surface area (Å²) in [4.78, 5) is 19.3. The van der Waals surface area contributed by atoms with E-state index in [1.807, 2.05) is 12.1 Å². The molecule has 1 heterocycles. The SMILES string of the molecule is CN1C(=NCC2CCCCC2)SCC1CC(=O)Nc1ccc(Cl)cc1.Cl. The van der Waals surface area contributed by atoms with Crippen molar-refractivity contribution in [3.63, 3.8) is 0 Å². The molecule has 1 aliphatic carbocycles. The fraction of sp³-hybridized carbons (Fsp3) is 0.579. The average molecular weight is 416 g/mol. The number of thioether (sulfide) groups is 1. The number of amides is 1. The Morgan fingerprint density at radius 2 is 1.96 bits per heavy atom. The Morgan fingerprint density at radius 1 is 1.27 bits per heavy atom. The maximum Gasteiger partial charge on any atom is 0.226 e. The average Bonchev–Trinajstić information content (AvgIpc) is 2.96. The van der Waals surface area contributed by atoms with E-state index in [1.165, 1.54) is 32.1 Å². The summed E-state index contributed by atoms with van der Waals surface area (Å²) in [6, 6.07) is 7.42. The lowest BCUT2D eigenvalue weighted by atomic mass is 9.89. The van der Waals surface area contributed by atoms with Gasteiger partial charge >= 0.3 is 0 Å². The van der Waals surface area contributed by atoms with Crippen LogP contribution in [0.15, 0.2) is 29.3 Å². The predicted octanol–water partition coefficient (Wildman–Crippen LogP) is 5.07. The van der Waals surface area contributed by atoms with Gasteiger partial charge in [0.05, 0.1) is 0 Å². The normalized spacial score (nSPS) is 22.3. The molecule has 0 spiro atoms. The summed E-state index contributed by atoms with van der Waals surface area (Å²) in [5.41, 5.74) is 0.786. The molecule has 26 heavy (non-hydrogen) atoms. The summed E-state index contributed by atoms with van der Waals surface area (Å²) >= 11 is 7.65. The lowest BCUT2D eigenvalue weighted by Gasteiger charge is -2.22. The lowest BCUT2D eigenvalue weighted by Crippen LogP contribution is -2.33. The van der Waals surface area contributed by atoms with Crippen molar-refractivity contribution in [3.8, 4) is 0 Å². The number of nitrogens with one attached hydrogen (secondary N) is 1.